The molecule has 84 valence electrons. The summed E-state index contributed by atoms with van der Waals surface area (Å²) in [6, 6.07) is 6.47. The fraction of sp³-hybridized carbons (Fsp3) is 0.500. The molecular formula is C12H17BrIN. The van der Waals surface area contributed by atoms with Gasteiger partial charge in [0.2, 0.25) is 0 Å². The van der Waals surface area contributed by atoms with Crippen molar-refractivity contribution < 1.29 is 0 Å². The highest BCUT2D eigenvalue weighted by Crippen LogP contribution is 2.27. The second kappa shape index (κ2) is 6.21. The Morgan fingerprint density at radius 3 is 2.60 bits per heavy atom. The van der Waals surface area contributed by atoms with Gasteiger partial charge in [0.25, 0.3) is 0 Å². The molecule has 0 radical (unpaired) electrons. The molecule has 0 aliphatic carbocycles. The lowest BCUT2D eigenvalue weighted by molar-refractivity contribution is 0.506. The second-order valence-electron chi connectivity index (χ2n) is 4.24. The minimum absolute atomic E-state index is 0.150. The van der Waals surface area contributed by atoms with Crippen LogP contribution in [0.25, 0.3) is 0 Å². The third kappa shape index (κ3) is 4.41. The quantitative estimate of drug-likeness (QED) is 0.764. The van der Waals surface area contributed by atoms with Crippen LogP contribution in [0.2, 0.25) is 0 Å². The molecule has 0 saturated carbocycles. The van der Waals surface area contributed by atoms with E-state index in [-0.39, 0.29) is 6.04 Å². The molecule has 2 N–H and O–H groups in total. The summed E-state index contributed by atoms with van der Waals surface area (Å²) in [5.41, 5.74) is 7.40. The van der Waals surface area contributed by atoms with Crippen LogP contribution in [0, 0.1) is 9.49 Å². The number of hydrogen-bond acceptors (Lipinski definition) is 1. The number of rotatable bonds is 4. The molecule has 0 amide bonds. The maximum atomic E-state index is 6.18. The summed E-state index contributed by atoms with van der Waals surface area (Å²) in [7, 11) is 0. The van der Waals surface area contributed by atoms with Crippen LogP contribution in [0.4, 0.5) is 0 Å². The van der Waals surface area contributed by atoms with Crippen molar-refractivity contribution in [2.24, 2.45) is 11.7 Å². The summed E-state index contributed by atoms with van der Waals surface area (Å²) in [5, 5.41) is 0. The molecule has 1 aromatic rings. The molecular weight excluding hydrogens is 365 g/mol. The average Bonchev–Trinajstić information content (AvgIpc) is 2.18. The van der Waals surface area contributed by atoms with Crippen LogP contribution in [0.1, 0.15) is 38.3 Å². The van der Waals surface area contributed by atoms with Crippen LogP contribution in [0.5, 0.6) is 0 Å². The molecule has 0 saturated heterocycles. The predicted octanol–water partition coefficient (Wildman–Crippen LogP) is 4.49. The summed E-state index contributed by atoms with van der Waals surface area (Å²) in [5.74, 6) is 0.720. The van der Waals surface area contributed by atoms with E-state index in [0.717, 1.165) is 16.8 Å². The largest absolute Gasteiger partial charge is 0.324 e. The van der Waals surface area contributed by atoms with E-state index in [4.69, 9.17) is 5.73 Å². The van der Waals surface area contributed by atoms with E-state index in [2.05, 4.69) is 70.6 Å². The van der Waals surface area contributed by atoms with Crippen molar-refractivity contribution in [3.63, 3.8) is 0 Å². The normalized spacial score (nSPS) is 13.2. The van der Waals surface area contributed by atoms with Gasteiger partial charge in [0.05, 0.1) is 0 Å². The Hall–Kier alpha value is 0.390. The standard InChI is InChI=1S/C12H17BrIN/c1-8(2)3-6-12(15)10-7-9(14)4-5-11(10)13/h4-5,7-8,12H,3,6,15H2,1-2H3. The first-order valence-electron chi connectivity index (χ1n) is 5.21. The third-order valence-electron chi connectivity index (χ3n) is 2.41. The Bertz CT molecular complexity index is 325. The topological polar surface area (TPSA) is 26.0 Å². The van der Waals surface area contributed by atoms with Crippen molar-refractivity contribution in [3.05, 3.63) is 31.8 Å². The van der Waals surface area contributed by atoms with E-state index in [1.807, 2.05) is 0 Å². The molecule has 0 fully saturated rings. The first-order valence-corrected chi connectivity index (χ1v) is 7.08. The molecule has 1 nitrogen and oxygen atoms in total. The van der Waals surface area contributed by atoms with Crippen molar-refractivity contribution in [1.29, 1.82) is 0 Å². The molecule has 0 bridgehead atoms. The maximum Gasteiger partial charge on any atom is 0.0306 e. The Morgan fingerprint density at radius 1 is 1.33 bits per heavy atom. The summed E-state index contributed by atoms with van der Waals surface area (Å²) in [6.07, 6.45) is 2.23. The van der Waals surface area contributed by atoms with Crippen molar-refractivity contribution in [3.8, 4) is 0 Å². The van der Waals surface area contributed by atoms with Gasteiger partial charge in [-0.25, -0.2) is 0 Å². The van der Waals surface area contributed by atoms with Crippen molar-refractivity contribution in [2.75, 3.05) is 0 Å². The van der Waals surface area contributed by atoms with Gasteiger partial charge in [-0.1, -0.05) is 29.8 Å². The SMILES string of the molecule is CC(C)CCC(N)c1cc(I)ccc1Br. The van der Waals surface area contributed by atoms with E-state index in [0.29, 0.717) is 0 Å². The first kappa shape index (κ1) is 13.5. The van der Waals surface area contributed by atoms with Crippen LogP contribution >= 0.6 is 38.5 Å². The zero-order chi connectivity index (χ0) is 11.4. The highest BCUT2D eigenvalue weighted by atomic mass is 127. The first-order chi connectivity index (χ1) is 7.00. The lowest BCUT2D eigenvalue weighted by Gasteiger charge is -2.15. The molecule has 0 aliphatic heterocycles. The van der Waals surface area contributed by atoms with Crippen molar-refractivity contribution in [2.45, 2.75) is 32.7 Å². The summed E-state index contributed by atoms with van der Waals surface area (Å²) < 4.78 is 2.37. The van der Waals surface area contributed by atoms with Crippen LogP contribution < -0.4 is 5.73 Å². The highest BCUT2D eigenvalue weighted by Gasteiger charge is 2.10. The molecule has 15 heavy (non-hydrogen) atoms. The maximum absolute atomic E-state index is 6.18. The fourth-order valence-corrected chi connectivity index (χ4v) is 2.52. The fourth-order valence-electron chi connectivity index (χ4n) is 1.47. The molecule has 0 spiro atoms. The molecule has 0 heterocycles. The van der Waals surface area contributed by atoms with Gasteiger partial charge >= 0.3 is 0 Å². The van der Waals surface area contributed by atoms with E-state index >= 15 is 0 Å². The Kier molecular flexibility index (Phi) is 5.57. The van der Waals surface area contributed by atoms with Crippen molar-refractivity contribution >= 4 is 38.5 Å². The summed E-state index contributed by atoms with van der Waals surface area (Å²) >= 11 is 5.88. The number of benzene rings is 1. The van der Waals surface area contributed by atoms with E-state index in [1.54, 1.807) is 0 Å². The lowest BCUT2D eigenvalue weighted by atomic mass is 9.98. The van der Waals surface area contributed by atoms with Gasteiger partial charge in [-0.3, -0.25) is 0 Å². The number of halogens is 2. The van der Waals surface area contributed by atoms with Gasteiger partial charge in [0, 0.05) is 14.1 Å². The van der Waals surface area contributed by atoms with Crippen LogP contribution in [0.15, 0.2) is 22.7 Å². The monoisotopic (exact) mass is 381 g/mol. The number of nitrogens with two attached hydrogens (primary N) is 1. The molecule has 0 aliphatic rings. The van der Waals surface area contributed by atoms with E-state index < -0.39 is 0 Å². The van der Waals surface area contributed by atoms with Gasteiger partial charge in [0.15, 0.2) is 0 Å². The second-order valence-corrected chi connectivity index (χ2v) is 6.34. The van der Waals surface area contributed by atoms with Gasteiger partial charge in [-0.05, 0) is 65.1 Å². The molecule has 1 rings (SSSR count). The van der Waals surface area contributed by atoms with Crippen LogP contribution in [-0.4, -0.2) is 0 Å². The van der Waals surface area contributed by atoms with Gasteiger partial charge in [-0.15, -0.1) is 0 Å². The molecule has 1 atom stereocenters. The zero-order valence-corrected chi connectivity index (χ0v) is 12.9. The Morgan fingerprint density at radius 2 is 2.00 bits per heavy atom. The van der Waals surface area contributed by atoms with Crippen LogP contribution in [0.3, 0.4) is 0 Å². The Labute approximate surface area is 114 Å². The van der Waals surface area contributed by atoms with E-state index in [1.165, 1.54) is 15.6 Å². The average molecular weight is 382 g/mol. The van der Waals surface area contributed by atoms with Crippen LogP contribution in [-0.2, 0) is 0 Å². The van der Waals surface area contributed by atoms with Gasteiger partial charge < -0.3 is 5.73 Å². The minimum atomic E-state index is 0.150. The lowest BCUT2D eigenvalue weighted by Crippen LogP contribution is -2.12. The van der Waals surface area contributed by atoms with Gasteiger partial charge in [0.1, 0.15) is 0 Å². The summed E-state index contributed by atoms with van der Waals surface area (Å²) in [6.45, 7) is 4.47. The third-order valence-corrected chi connectivity index (χ3v) is 3.81. The summed E-state index contributed by atoms with van der Waals surface area (Å²) in [4.78, 5) is 0. The number of hydrogen-bond donors (Lipinski definition) is 1. The highest BCUT2D eigenvalue weighted by molar-refractivity contribution is 14.1. The smallest absolute Gasteiger partial charge is 0.0306 e. The van der Waals surface area contributed by atoms with Crippen molar-refractivity contribution in [1.82, 2.24) is 0 Å². The molecule has 3 heteroatoms. The van der Waals surface area contributed by atoms with Gasteiger partial charge in [-0.2, -0.15) is 0 Å². The van der Waals surface area contributed by atoms with E-state index in [9.17, 15) is 0 Å². The Balaban J connectivity index is 2.72. The molecule has 1 unspecified atom stereocenters. The molecule has 1 aromatic carbocycles. The molecule has 0 aromatic heterocycles. The zero-order valence-electron chi connectivity index (χ0n) is 9.13. The minimum Gasteiger partial charge on any atom is -0.324 e. The predicted molar refractivity (Wildman–Crippen MR) is 77.9 cm³/mol.